The highest BCUT2D eigenvalue weighted by Gasteiger charge is 2.10. The van der Waals surface area contributed by atoms with E-state index in [1.807, 2.05) is 0 Å². The molecule has 1 heterocycles. The third kappa shape index (κ3) is 3.84. The molecule has 2 aromatic rings. The van der Waals surface area contributed by atoms with Crippen molar-refractivity contribution in [2.75, 3.05) is 24.5 Å². The number of aryl methyl sites for hydroxylation is 2. The van der Waals surface area contributed by atoms with Crippen LogP contribution < -0.4 is 10.2 Å². The van der Waals surface area contributed by atoms with Gasteiger partial charge in [0.2, 0.25) is 0 Å². The van der Waals surface area contributed by atoms with Crippen molar-refractivity contribution in [1.82, 2.24) is 15.1 Å². The fourth-order valence-corrected chi connectivity index (χ4v) is 2.29. The molecule has 112 valence electrons. The van der Waals surface area contributed by atoms with Crippen LogP contribution in [-0.2, 0) is 7.05 Å². The van der Waals surface area contributed by atoms with E-state index < -0.39 is 0 Å². The van der Waals surface area contributed by atoms with Gasteiger partial charge in [-0.25, -0.2) is 0 Å². The summed E-state index contributed by atoms with van der Waals surface area (Å²) in [6, 6.07) is 10.1. The third-order valence-electron chi connectivity index (χ3n) is 3.47. The van der Waals surface area contributed by atoms with Crippen LogP contribution in [0.1, 0.15) is 23.0 Å². The Morgan fingerprint density at radius 3 is 2.81 bits per heavy atom. The SMILES string of the molecule is CCN(CCNC(=O)c1ccnn1C)c1cccc(C)c1. The minimum atomic E-state index is -0.0877. The van der Waals surface area contributed by atoms with Gasteiger partial charge in [0.1, 0.15) is 5.69 Å². The van der Waals surface area contributed by atoms with Gasteiger partial charge in [-0.05, 0) is 37.6 Å². The van der Waals surface area contributed by atoms with Gasteiger partial charge in [0.15, 0.2) is 0 Å². The van der Waals surface area contributed by atoms with Crippen LogP contribution in [0.2, 0.25) is 0 Å². The molecule has 0 saturated heterocycles. The van der Waals surface area contributed by atoms with Crippen molar-refractivity contribution >= 4 is 11.6 Å². The number of hydrogen-bond acceptors (Lipinski definition) is 3. The molecule has 2 rings (SSSR count). The quantitative estimate of drug-likeness (QED) is 0.883. The monoisotopic (exact) mass is 286 g/mol. The molecule has 0 bridgehead atoms. The zero-order valence-corrected chi connectivity index (χ0v) is 12.8. The van der Waals surface area contributed by atoms with Crippen LogP contribution in [-0.4, -0.2) is 35.3 Å². The Kier molecular flexibility index (Phi) is 4.98. The molecule has 21 heavy (non-hydrogen) atoms. The summed E-state index contributed by atoms with van der Waals surface area (Å²) in [5, 5.41) is 6.93. The maximum atomic E-state index is 12.0. The number of rotatable bonds is 6. The van der Waals surface area contributed by atoms with Crippen LogP contribution in [0, 0.1) is 6.92 Å². The first-order chi connectivity index (χ1) is 10.1. The van der Waals surface area contributed by atoms with Crippen molar-refractivity contribution in [3.05, 3.63) is 47.8 Å². The van der Waals surface area contributed by atoms with E-state index in [9.17, 15) is 4.79 Å². The van der Waals surface area contributed by atoms with E-state index in [4.69, 9.17) is 0 Å². The number of amides is 1. The zero-order chi connectivity index (χ0) is 15.2. The predicted molar refractivity (Wildman–Crippen MR) is 84.6 cm³/mol. The minimum Gasteiger partial charge on any atom is -0.370 e. The average Bonchev–Trinajstić information content (AvgIpc) is 2.89. The van der Waals surface area contributed by atoms with E-state index in [0.717, 1.165) is 13.1 Å². The number of carbonyl (C=O) groups excluding carboxylic acids is 1. The minimum absolute atomic E-state index is 0.0877. The lowest BCUT2D eigenvalue weighted by Gasteiger charge is -2.23. The van der Waals surface area contributed by atoms with Crippen molar-refractivity contribution < 1.29 is 4.79 Å². The molecule has 0 saturated carbocycles. The maximum Gasteiger partial charge on any atom is 0.269 e. The van der Waals surface area contributed by atoms with E-state index in [2.05, 4.69) is 53.4 Å². The third-order valence-corrected chi connectivity index (χ3v) is 3.47. The molecule has 0 atom stereocenters. The summed E-state index contributed by atoms with van der Waals surface area (Å²) >= 11 is 0. The van der Waals surface area contributed by atoms with Gasteiger partial charge in [-0.3, -0.25) is 9.48 Å². The summed E-state index contributed by atoms with van der Waals surface area (Å²) in [5.41, 5.74) is 3.01. The molecule has 1 amide bonds. The molecule has 0 spiro atoms. The topological polar surface area (TPSA) is 50.2 Å². The highest BCUT2D eigenvalue weighted by atomic mass is 16.2. The average molecular weight is 286 g/mol. The van der Waals surface area contributed by atoms with Gasteiger partial charge in [-0.15, -0.1) is 0 Å². The maximum absolute atomic E-state index is 12.0. The lowest BCUT2D eigenvalue weighted by Crippen LogP contribution is -2.35. The van der Waals surface area contributed by atoms with Crippen LogP contribution in [0.5, 0.6) is 0 Å². The number of nitrogens with zero attached hydrogens (tertiary/aromatic N) is 3. The first-order valence-corrected chi connectivity index (χ1v) is 7.19. The summed E-state index contributed by atoms with van der Waals surface area (Å²) in [7, 11) is 1.76. The van der Waals surface area contributed by atoms with Crippen molar-refractivity contribution in [3.63, 3.8) is 0 Å². The van der Waals surface area contributed by atoms with Crippen LogP contribution in [0.3, 0.4) is 0 Å². The predicted octanol–water partition coefficient (Wildman–Crippen LogP) is 1.98. The Balaban J connectivity index is 1.89. The van der Waals surface area contributed by atoms with E-state index in [0.29, 0.717) is 12.2 Å². The van der Waals surface area contributed by atoms with E-state index in [1.54, 1.807) is 24.0 Å². The van der Waals surface area contributed by atoms with Crippen LogP contribution in [0.4, 0.5) is 5.69 Å². The molecule has 1 aromatic heterocycles. The molecule has 0 aliphatic heterocycles. The Morgan fingerprint density at radius 1 is 1.38 bits per heavy atom. The number of aromatic nitrogens is 2. The summed E-state index contributed by atoms with van der Waals surface area (Å²) < 4.78 is 1.58. The Hall–Kier alpha value is -2.30. The molecule has 0 radical (unpaired) electrons. The standard InChI is InChI=1S/C16H22N4O/c1-4-20(14-7-5-6-13(2)12-14)11-10-17-16(21)15-8-9-18-19(15)3/h5-9,12H,4,10-11H2,1-3H3,(H,17,21). The van der Waals surface area contributed by atoms with Gasteiger partial charge < -0.3 is 10.2 Å². The molecule has 1 aromatic carbocycles. The number of benzene rings is 1. The molecule has 0 unspecified atom stereocenters. The molecule has 5 heteroatoms. The fraction of sp³-hybridized carbons (Fsp3) is 0.375. The summed E-state index contributed by atoms with van der Waals surface area (Å²) in [5.74, 6) is -0.0877. The largest absolute Gasteiger partial charge is 0.370 e. The van der Waals surface area contributed by atoms with E-state index in [-0.39, 0.29) is 5.91 Å². The molecule has 5 nitrogen and oxygen atoms in total. The summed E-state index contributed by atoms with van der Waals surface area (Å²) in [4.78, 5) is 14.2. The van der Waals surface area contributed by atoms with Gasteiger partial charge in [-0.1, -0.05) is 12.1 Å². The second kappa shape index (κ2) is 6.92. The highest BCUT2D eigenvalue weighted by Crippen LogP contribution is 2.14. The number of nitrogens with one attached hydrogen (secondary N) is 1. The van der Waals surface area contributed by atoms with Gasteiger partial charge in [-0.2, -0.15) is 5.10 Å². The number of carbonyl (C=O) groups is 1. The molecule has 1 N–H and O–H groups in total. The van der Waals surface area contributed by atoms with Gasteiger partial charge in [0, 0.05) is 38.6 Å². The normalized spacial score (nSPS) is 10.4. The molecule has 0 fully saturated rings. The van der Waals surface area contributed by atoms with Gasteiger partial charge in [0.05, 0.1) is 0 Å². The van der Waals surface area contributed by atoms with Gasteiger partial charge >= 0.3 is 0 Å². The van der Waals surface area contributed by atoms with E-state index >= 15 is 0 Å². The number of hydrogen-bond donors (Lipinski definition) is 1. The lowest BCUT2D eigenvalue weighted by molar-refractivity contribution is 0.0945. The van der Waals surface area contributed by atoms with Crippen LogP contribution in [0.15, 0.2) is 36.5 Å². The Bertz CT molecular complexity index is 606. The molecular formula is C16H22N4O. The fourth-order valence-electron chi connectivity index (χ4n) is 2.29. The summed E-state index contributed by atoms with van der Waals surface area (Å²) in [6.45, 7) is 6.49. The van der Waals surface area contributed by atoms with Crippen LogP contribution >= 0.6 is 0 Å². The van der Waals surface area contributed by atoms with Crippen molar-refractivity contribution in [2.45, 2.75) is 13.8 Å². The smallest absolute Gasteiger partial charge is 0.269 e. The van der Waals surface area contributed by atoms with Crippen LogP contribution in [0.25, 0.3) is 0 Å². The van der Waals surface area contributed by atoms with Crippen molar-refractivity contribution in [3.8, 4) is 0 Å². The second-order valence-corrected chi connectivity index (χ2v) is 5.01. The Morgan fingerprint density at radius 2 is 2.19 bits per heavy atom. The Labute approximate surface area is 125 Å². The lowest BCUT2D eigenvalue weighted by atomic mass is 10.2. The summed E-state index contributed by atoms with van der Waals surface area (Å²) in [6.07, 6.45) is 1.63. The molecule has 0 aliphatic carbocycles. The molecular weight excluding hydrogens is 264 g/mol. The van der Waals surface area contributed by atoms with E-state index in [1.165, 1.54) is 11.3 Å². The van der Waals surface area contributed by atoms with Crippen molar-refractivity contribution in [2.24, 2.45) is 7.05 Å². The highest BCUT2D eigenvalue weighted by molar-refractivity contribution is 5.92. The zero-order valence-electron chi connectivity index (χ0n) is 12.8. The first-order valence-electron chi connectivity index (χ1n) is 7.19. The first kappa shape index (κ1) is 15.1. The van der Waals surface area contributed by atoms with Crippen molar-refractivity contribution in [1.29, 1.82) is 0 Å². The van der Waals surface area contributed by atoms with Gasteiger partial charge in [0.25, 0.3) is 5.91 Å². The second-order valence-electron chi connectivity index (χ2n) is 5.01. The number of anilines is 1. The molecule has 0 aliphatic rings. The number of likely N-dealkylation sites (N-methyl/N-ethyl adjacent to an activating group) is 1.